The molecular formula is C22H29N3O7. The summed E-state index contributed by atoms with van der Waals surface area (Å²) in [5.74, 6) is -1.99. The molecule has 174 valence electrons. The molecule has 2 fully saturated rings. The Labute approximate surface area is 186 Å². The normalized spacial score (nSPS) is 21.6. The molecule has 10 nitrogen and oxygen atoms in total. The van der Waals surface area contributed by atoms with Gasteiger partial charge in [-0.05, 0) is 39.2 Å². The van der Waals surface area contributed by atoms with Crippen molar-refractivity contribution in [3.05, 3.63) is 35.9 Å². The maximum atomic E-state index is 12.8. The summed E-state index contributed by atoms with van der Waals surface area (Å²) in [5.41, 5.74) is 3.16. The minimum absolute atomic E-state index is 0.00267. The first-order valence-corrected chi connectivity index (χ1v) is 10.6. The molecule has 2 aliphatic heterocycles. The van der Waals surface area contributed by atoms with Crippen molar-refractivity contribution in [2.75, 3.05) is 6.54 Å². The standard InChI is InChI=1S/C22H29N3O7/c1-22(2,3)31-21(29)24-13-16(23-30-14-15-7-5-4-6-8-15)9-10-17(24)20(28)32-25-18(26)11-12-19(25)27/h4-8,16-17,23H,9-14H2,1-3H3/t16-,17+/m1/s1. The predicted octanol–water partition coefficient (Wildman–Crippen LogP) is 2.08. The van der Waals surface area contributed by atoms with Gasteiger partial charge in [-0.1, -0.05) is 30.3 Å². The van der Waals surface area contributed by atoms with Crippen LogP contribution in [0.1, 0.15) is 52.0 Å². The van der Waals surface area contributed by atoms with Crippen molar-refractivity contribution in [1.82, 2.24) is 15.4 Å². The van der Waals surface area contributed by atoms with Gasteiger partial charge >= 0.3 is 12.1 Å². The lowest BCUT2D eigenvalue weighted by Gasteiger charge is -2.38. The number of carbonyl (C=O) groups excluding carboxylic acids is 4. The number of benzene rings is 1. The van der Waals surface area contributed by atoms with Crippen LogP contribution in [0.2, 0.25) is 0 Å². The van der Waals surface area contributed by atoms with E-state index in [1.165, 1.54) is 4.90 Å². The Hall–Kier alpha value is -2.98. The van der Waals surface area contributed by atoms with Crippen LogP contribution < -0.4 is 5.48 Å². The van der Waals surface area contributed by atoms with Gasteiger partial charge in [-0.25, -0.2) is 9.59 Å². The molecule has 32 heavy (non-hydrogen) atoms. The Morgan fingerprint density at radius 3 is 2.34 bits per heavy atom. The number of rotatable bonds is 6. The van der Waals surface area contributed by atoms with E-state index in [1.54, 1.807) is 20.8 Å². The van der Waals surface area contributed by atoms with E-state index >= 15 is 0 Å². The minimum atomic E-state index is -0.988. The molecule has 2 aliphatic rings. The van der Waals surface area contributed by atoms with Crippen LogP contribution >= 0.6 is 0 Å². The van der Waals surface area contributed by atoms with Crippen LogP contribution in [0.5, 0.6) is 0 Å². The van der Waals surface area contributed by atoms with E-state index in [1.807, 2.05) is 30.3 Å². The average Bonchev–Trinajstić information content (AvgIpc) is 3.05. The number of carbonyl (C=O) groups is 4. The fourth-order valence-corrected chi connectivity index (χ4v) is 3.46. The second-order valence-corrected chi connectivity index (χ2v) is 8.81. The zero-order valence-electron chi connectivity index (χ0n) is 18.5. The number of imide groups is 1. The SMILES string of the molecule is CC(C)(C)OC(=O)N1C[C@H](NOCc2ccccc2)CC[C@H]1C(=O)ON1C(=O)CCC1=O. The van der Waals surface area contributed by atoms with E-state index < -0.39 is 35.5 Å². The first kappa shape index (κ1) is 23.7. The van der Waals surface area contributed by atoms with Crippen molar-refractivity contribution in [2.45, 2.75) is 70.7 Å². The quantitative estimate of drug-likeness (QED) is 0.521. The van der Waals surface area contributed by atoms with Crippen LogP contribution in [0.15, 0.2) is 30.3 Å². The van der Waals surface area contributed by atoms with Crippen LogP contribution in [-0.2, 0) is 35.4 Å². The van der Waals surface area contributed by atoms with Crippen molar-refractivity contribution in [2.24, 2.45) is 0 Å². The number of nitrogens with zero attached hydrogens (tertiary/aromatic N) is 2. The average molecular weight is 447 g/mol. The largest absolute Gasteiger partial charge is 0.444 e. The van der Waals surface area contributed by atoms with E-state index in [0.717, 1.165) is 5.56 Å². The number of nitrogens with one attached hydrogen (secondary N) is 1. The number of hydrogen-bond donors (Lipinski definition) is 1. The van der Waals surface area contributed by atoms with Gasteiger partial charge in [-0.2, -0.15) is 5.48 Å². The Morgan fingerprint density at radius 2 is 1.72 bits per heavy atom. The summed E-state index contributed by atoms with van der Waals surface area (Å²) < 4.78 is 5.46. The molecule has 0 radical (unpaired) electrons. The number of likely N-dealkylation sites (tertiary alicyclic amines) is 1. The summed E-state index contributed by atoms with van der Waals surface area (Å²) in [5, 5.41) is 0.489. The summed E-state index contributed by atoms with van der Waals surface area (Å²) in [6.45, 7) is 5.65. The molecule has 1 N–H and O–H groups in total. The maximum Gasteiger partial charge on any atom is 0.411 e. The lowest BCUT2D eigenvalue weighted by molar-refractivity contribution is -0.202. The zero-order valence-corrected chi connectivity index (χ0v) is 18.5. The lowest BCUT2D eigenvalue weighted by Crippen LogP contribution is -2.57. The number of piperidine rings is 1. The van der Waals surface area contributed by atoms with Crippen LogP contribution in [0.3, 0.4) is 0 Å². The maximum absolute atomic E-state index is 12.8. The highest BCUT2D eigenvalue weighted by molar-refractivity contribution is 6.01. The highest BCUT2D eigenvalue weighted by atomic mass is 16.7. The second kappa shape index (κ2) is 10.1. The minimum Gasteiger partial charge on any atom is -0.444 e. The predicted molar refractivity (Wildman–Crippen MR) is 111 cm³/mol. The highest BCUT2D eigenvalue weighted by Gasteiger charge is 2.42. The first-order valence-electron chi connectivity index (χ1n) is 10.6. The van der Waals surface area contributed by atoms with E-state index in [2.05, 4.69) is 5.48 Å². The van der Waals surface area contributed by atoms with Crippen LogP contribution in [0, 0.1) is 0 Å². The molecule has 3 rings (SSSR count). The second-order valence-electron chi connectivity index (χ2n) is 8.81. The molecule has 0 unspecified atom stereocenters. The van der Waals surface area contributed by atoms with E-state index in [0.29, 0.717) is 18.1 Å². The molecule has 1 aromatic rings. The molecule has 2 heterocycles. The van der Waals surface area contributed by atoms with Crippen LogP contribution in [0.4, 0.5) is 4.79 Å². The summed E-state index contributed by atoms with van der Waals surface area (Å²) in [7, 11) is 0. The Bertz CT molecular complexity index is 837. The van der Waals surface area contributed by atoms with Gasteiger partial charge in [0, 0.05) is 19.4 Å². The zero-order chi connectivity index (χ0) is 23.3. The Morgan fingerprint density at radius 1 is 1.06 bits per heavy atom. The molecular weight excluding hydrogens is 418 g/mol. The van der Waals surface area contributed by atoms with Gasteiger partial charge in [-0.15, -0.1) is 5.06 Å². The molecule has 1 aromatic carbocycles. The van der Waals surface area contributed by atoms with E-state index in [-0.39, 0.29) is 31.8 Å². The number of hydrogen-bond acceptors (Lipinski definition) is 8. The van der Waals surface area contributed by atoms with Crippen molar-refractivity contribution in [3.63, 3.8) is 0 Å². The third-order valence-corrected chi connectivity index (χ3v) is 5.00. The van der Waals surface area contributed by atoms with Crippen molar-refractivity contribution < 1.29 is 33.6 Å². The third kappa shape index (κ3) is 6.27. The van der Waals surface area contributed by atoms with E-state index in [9.17, 15) is 19.2 Å². The van der Waals surface area contributed by atoms with Crippen molar-refractivity contribution in [1.29, 1.82) is 0 Å². The molecule has 0 saturated carbocycles. The van der Waals surface area contributed by atoms with Crippen LogP contribution in [-0.4, -0.2) is 58.1 Å². The summed E-state index contributed by atoms with van der Waals surface area (Å²) in [6, 6.07) is 8.37. The van der Waals surface area contributed by atoms with Crippen molar-refractivity contribution >= 4 is 23.9 Å². The van der Waals surface area contributed by atoms with Crippen LogP contribution in [0.25, 0.3) is 0 Å². The Kier molecular flexibility index (Phi) is 7.47. The van der Waals surface area contributed by atoms with E-state index in [4.69, 9.17) is 14.4 Å². The molecule has 0 aromatic heterocycles. The van der Waals surface area contributed by atoms with Gasteiger partial charge in [0.05, 0.1) is 12.6 Å². The third-order valence-electron chi connectivity index (χ3n) is 5.00. The molecule has 0 aliphatic carbocycles. The molecule has 0 bridgehead atoms. The molecule has 2 atom stereocenters. The molecule has 0 spiro atoms. The topological polar surface area (TPSA) is 114 Å². The molecule has 3 amide bonds. The lowest BCUT2D eigenvalue weighted by atomic mass is 9.99. The number of amides is 3. The summed E-state index contributed by atoms with van der Waals surface area (Å²) in [4.78, 5) is 61.0. The number of hydroxylamine groups is 3. The van der Waals surface area contributed by atoms with Gasteiger partial charge in [0.2, 0.25) is 0 Å². The van der Waals surface area contributed by atoms with Gasteiger partial charge in [0.25, 0.3) is 11.8 Å². The van der Waals surface area contributed by atoms with Gasteiger partial charge < -0.3 is 9.57 Å². The smallest absolute Gasteiger partial charge is 0.411 e. The first-order chi connectivity index (χ1) is 15.1. The highest BCUT2D eigenvalue weighted by Crippen LogP contribution is 2.23. The fraction of sp³-hybridized carbons (Fsp3) is 0.545. The number of ether oxygens (including phenoxy) is 1. The Balaban J connectivity index is 1.64. The van der Waals surface area contributed by atoms with Gasteiger partial charge in [0.15, 0.2) is 0 Å². The fourth-order valence-electron chi connectivity index (χ4n) is 3.46. The molecule has 10 heteroatoms. The van der Waals surface area contributed by atoms with Crippen molar-refractivity contribution in [3.8, 4) is 0 Å². The van der Waals surface area contributed by atoms with Gasteiger partial charge in [0.1, 0.15) is 11.6 Å². The summed E-state index contributed by atoms with van der Waals surface area (Å²) >= 11 is 0. The molecule has 2 saturated heterocycles. The van der Waals surface area contributed by atoms with Gasteiger partial charge in [-0.3, -0.25) is 19.3 Å². The monoisotopic (exact) mass is 447 g/mol. The summed E-state index contributed by atoms with van der Waals surface area (Å²) in [6.07, 6.45) is 0.0680.